The standard InChI is InChI=1S/C23H20ClN3O3/c1-14-5-4-6-18(11-14)27-22(28)19-12-26(13-20(21(19)25-27)23(29)30-3)15(2)16-7-9-17(24)10-8-16/h4-13,15H,1-3H3. The molecule has 7 heteroatoms. The number of halogens is 1. The number of hydrogen-bond acceptors (Lipinski definition) is 4. The number of aryl methyl sites for hydroxylation is 1. The lowest BCUT2D eigenvalue weighted by atomic mass is 10.1. The summed E-state index contributed by atoms with van der Waals surface area (Å²) >= 11 is 6.00. The van der Waals surface area contributed by atoms with E-state index >= 15 is 0 Å². The molecule has 2 aliphatic rings. The summed E-state index contributed by atoms with van der Waals surface area (Å²) in [5.74, 6) is -0.549. The zero-order valence-electron chi connectivity index (χ0n) is 16.8. The van der Waals surface area contributed by atoms with Crippen LogP contribution in [0.2, 0.25) is 5.02 Å². The number of carbonyl (C=O) groups excluding carboxylic acids is 1. The molecule has 30 heavy (non-hydrogen) atoms. The van der Waals surface area contributed by atoms with E-state index in [1.54, 1.807) is 12.4 Å². The second-order valence-corrected chi connectivity index (χ2v) is 7.59. The molecule has 0 aliphatic carbocycles. The van der Waals surface area contributed by atoms with Gasteiger partial charge in [0, 0.05) is 17.4 Å². The highest BCUT2D eigenvalue weighted by molar-refractivity contribution is 6.30. The zero-order valence-corrected chi connectivity index (χ0v) is 17.6. The predicted molar refractivity (Wildman–Crippen MR) is 116 cm³/mol. The van der Waals surface area contributed by atoms with Crippen LogP contribution in [0, 0.1) is 6.92 Å². The topological polar surface area (TPSA) is 66.1 Å². The third-order valence-electron chi connectivity index (χ3n) is 5.14. The number of ether oxygens (including phenoxy) is 1. The average molecular weight is 422 g/mol. The molecule has 1 atom stereocenters. The molecule has 0 aromatic heterocycles. The molecular formula is C23H20ClN3O3. The molecule has 2 aromatic carbocycles. The number of rotatable bonds is 4. The summed E-state index contributed by atoms with van der Waals surface area (Å²) in [6.45, 7) is 3.92. The minimum absolute atomic E-state index is 0.142. The lowest BCUT2D eigenvalue weighted by Gasteiger charge is -2.19. The van der Waals surface area contributed by atoms with Crippen molar-refractivity contribution in [3.05, 3.63) is 93.0 Å². The normalized spacial score (nSPS) is 12.1. The van der Waals surface area contributed by atoms with Gasteiger partial charge < -0.3 is 9.30 Å². The summed E-state index contributed by atoms with van der Waals surface area (Å²) in [6, 6.07) is 14.8. The van der Waals surface area contributed by atoms with Gasteiger partial charge in [0.2, 0.25) is 0 Å². The van der Waals surface area contributed by atoms with Gasteiger partial charge in [-0.1, -0.05) is 35.9 Å². The minimum atomic E-state index is -0.549. The first-order chi connectivity index (χ1) is 14.4. The van der Waals surface area contributed by atoms with Gasteiger partial charge in [0.1, 0.15) is 11.3 Å². The Hall–Kier alpha value is -3.38. The third-order valence-corrected chi connectivity index (χ3v) is 5.39. The van der Waals surface area contributed by atoms with Crippen LogP contribution in [-0.4, -0.2) is 27.4 Å². The van der Waals surface area contributed by atoms with E-state index < -0.39 is 5.97 Å². The molecule has 1 unspecified atom stereocenters. The number of carbonyl (C=O) groups is 1. The van der Waals surface area contributed by atoms with Crippen LogP contribution in [0.3, 0.4) is 0 Å². The van der Waals surface area contributed by atoms with Crippen molar-refractivity contribution in [1.29, 1.82) is 0 Å². The van der Waals surface area contributed by atoms with Crippen LogP contribution in [0.5, 0.6) is 0 Å². The fourth-order valence-electron chi connectivity index (χ4n) is 3.46. The number of hydrogen-bond donors (Lipinski definition) is 0. The molecule has 0 spiro atoms. The molecule has 2 heterocycles. The van der Waals surface area contributed by atoms with E-state index in [0.717, 1.165) is 11.1 Å². The first kappa shape index (κ1) is 19.9. The molecule has 0 saturated carbocycles. The molecule has 152 valence electrons. The fraction of sp³-hybridized carbons (Fsp3) is 0.174. The summed E-state index contributed by atoms with van der Waals surface area (Å²) in [6.07, 6.45) is 3.39. The predicted octanol–water partition coefficient (Wildman–Crippen LogP) is 4.50. The van der Waals surface area contributed by atoms with Gasteiger partial charge in [-0.3, -0.25) is 4.79 Å². The van der Waals surface area contributed by atoms with E-state index in [1.165, 1.54) is 11.8 Å². The van der Waals surface area contributed by atoms with E-state index in [-0.39, 0.29) is 17.2 Å². The maximum Gasteiger partial charge on any atom is 0.341 e. The molecule has 0 bridgehead atoms. The van der Waals surface area contributed by atoms with Gasteiger partial charge in [-0.05, 0) is 49.2 Å². The van der Waals surface area contributed by atoms with Crippen molar-refractivity contribution in [2.45, 2.75) is 19.9 Å². The summed E-state index contributed by atoms with van der Waals surface area (Å²) < 4.78 is 8.10. The quantitative estimate of drug-likeness (QED) is 0.455. The Labute approximate surface area is 178 Å². The van der Waals surface area contributed by atoms with Gasteiger partial charge in [0.15, 0.2) is 0 Å². The smallest absolute Gasteiger partial charge is 0.341 e. The van der Waals surface area contributed by atoms with E-state index in [1.807, 2.05) is 66.9 Å². The third kappa shape index (κ3) is 3.50. The van der Waals surface area contributed by atoms with Gasteiger partial charge >= 0.3 is 5.97 Å². The molecule has 4 rings (SSSR count). The summed E-state index contributed by atoms with van der Waals surface area (Å²) in [5.41, 5.74) is 3.24. The van der Waals surface area contributed by atoms with Crippen LogP contribution >= 0.6 is 11.6 Å². The largest absolute Gasteiger partial charge is 0.465 e. The maximum absolute atomic E-state index is 13.2. The van der Waals surface area contributed by atoms with Gasteiger partial charge in [-0.25, -0.2) is 4.79 Å². The molecule has 0 radical (unpaired) electrons. The zero-order chi connectivity index (χ0) is 21.4. The highest BCUT2D eigenvalue weighted by Crippen LogP contribution is 2.27. The van der Waals surface area contributed by atoms with E-state index in [9.17, 15) is 9.59 Å². The van der Waals surface area contributed by atoms with Crippen molar-refractivity contribution in [3.63, 3.8) is 0 Å². The van der Waals surface area contributed by atoms with Crippen LogP contribution in [-0.2, 0) is 4.74 Å². The van der Waals surface area contributed by atoms with Crippen LogP contribution in [0.1, 0.15) is 34.5 Å². The van der Waals surface area contributed by atoms with Crippen molar-refractivity contribution in [2.75, 3.05) is 7.11 Å². The number of esters is 1. The van der Waals surface area contributed by atoms with Crippen LogP contribution in [0.15, 0.2) is 65.7 Å². The molecular weight excluding hydrogens is 402 g/mol. The Kier molecular flexibility index (Phi) is 5.18. The first-order valence-electron chi connectivity index (χ1n) is 9.44. The number of benzene rings is 2. The van der Waals surface area contributed by atoms with E-state index in [0.29, 0.717) is 22.0 Å². The van der Waals surface area contributed by atoms with Crippen molar-refractivity contribution in [3.8, 4) is 16.9 Å². The number of nitrogens with zero attached hydrogens (tertiary/aromatic N) is 3. The molecule has 2 aromatic rings. The number of pyridine rings is 1. The number of aromatic nitrogens is 3. The Morgan fingerprint density at radius 3 is 2.53 bits per heavy atom. The average Bonchev–Trinajstić information content (AvgIpc) is 3.09. The highest BCUT2D eigenvalue weighted by atomic mass is 35.5. The summed E-state index contributed by atoms with van der Waals surface area (Å²) in [4.78, 5) is 25.7. The Morgan fingerprint density at radius 1 is 1.13 bits per heavy atom. The van der Waals surface area contributed by atoms with Crippen LogP contribution < -0.4 is 5.56 Å². The van der Waals surface area contributed by atoms with Crippen molar-refractivity contribution < 1.29 is 9.53 Å². The molecule has 0 fully saturated rings. The van der Waals surface area contributed by atoms with E-state index in [4.69, 9.17) is 16.3 Å². The van der Waals surface area contributed by atoms with Crippen LogP contribution in [0.25, 0.3) is 16.9 Å². The van der Waals surface area contributed by atoms with Crippen molar-refractivity contribution >= 4 is 17.6 Å². The molecule has 2 aliphatic heterocycles. The van der Waals surface area contributed by atoms with Gasteiger partial charge in [-0.15, -0.1) is 0 Å². The Morgan fingerprint density at radius 2 is 1.87 bits per heavy atom. The molecule has 6 nitrogen and oxygen atoms in total. The van der Waals surface area contributed by atoms with Gasteiger partial charge in [0.05, 0.1) is 24.4 Å². The second kappa shape index (κ2) is 7.80. The minimum Gasteiger partial charge on any atom is -0.465 e. The van der Waals surface area contributed by atoms with Crippen LogP contribution in [0.4, 0.5) is 0 Å². The Balaban J connectivity index is 1.92. The SMILES string of the molecule is COC(=O)c1cn(C(C)c2ccc(Cl)cc2)cc2c(=O)n(-c3cccc(C)c3)nc1-2. The van der Waals surface area contributed by atoms with Gasteiger partial charge in [-0.2, -0.15) is 9.78 Å². The number of fused-ring (bicyclic) bond motifs is 1. The molecule has 0 N–H and O–H groups in total. The highest BCUT2D eigenvalue weighted by Gasteiger charge is 2.26. The molecule has 0 saturated heterocycles. The monoisotopic (exact) mass is 421 g/mol. The first-order valence-corrected chi connectivity index (χ1v) is 9.82. The number of methoxy groups -OCH3 is 1. The van der Waals surface area contributed by atoms with Crippen molar-refractivity contribution in [2.24, 2.45) is 0 Å². The second-order valence-electron chi connectivity index (χ2n) is 7.16. The van der Waals surface area contributed by atoms with Crippen molar-refractivity contribution in [1.82, 2.24) is 14.3 Å². The maximum atomic E-state index is 13.2. The molecule has 0 amide bonds. The lowest BCUT2D eigenvalue weighted by molar-refractivity contribution is 0.0600. The fourth-order valence-corrected chi connectivity index (χ4v) is 3.58. The summed E-state index contributed by atoms with van der Waals surface area (Å²) in [5, 5.41) is 5.09. The lowest BCUT2D eigenvalue weighted by Crippen LogP contribution is -2.17. The summed E-state index contributed by atoms with van der Waals surface area (Å²) in [7, 11) is 1.31. The Bertz CT molecular complexity index is 1260. The van der Waals surface area contributed by atoms with Gasteiger partial charge in [0.25, 0.3) is 5.56 Å². The van der Waals surface area contributed by atoms with E-state index in [2.05, 4.69) is 5.10 Å².